The van der Waals surface area contributed by atoms with Crippen LogP contribution in [0.4, 0.5) is 0 Å². The zero-order valence-electron chi connectivity index (χ0n) is 10.6. The topological polar surface area (TPSA) is 68.0 Å². The van der Waals surface area contributed by atoms with Crippen LogP contribution in [-0.4, -0.2) is 25.8 Å². The summed E-state index contributed by atoms with van der Waals surface area (Å²) in [5.74, 6) is 0.939. The van der Waals surface area contributed by atoms with E-state index in [0.29, 0.717) is 0 Å². The van der Waals surface area contributed by atoms with Gasteiger partial charge in [-0.1, -0.05) is 20.3 Å². The highest BCUT2D eigenvalue weighted by atomic mass is 16.4. The molecule has 94 valence electrons. The molecule has 1 N–H and O–H groups in total. The predicted octanol–water partition coefficient (Wildman–Crippen LogP) is 1.91. The van der Waals surface area contributed by atoms with Crippen molar-refractivity contribution in [1.82, 2.24) is 14.8 Å². The van der Waals surface area contributed by atoms with Crippen molar-refractivity contribution in [3.63, 3.8) is 0 Å². The van der Waals surface area contributed by atoms with Crippen LogP contribution >= 0.6 is 0 Å². The Kier molecular flexibility index (Phi) is 3.17. The first-order valence-corrected chi connectivity index (χ1v) is 6.14. The van der Waals surface area contributed by atoms with Gasteiger partial charge in [-0.05, 0) is 12.8 Å². The van der Waals surface area contributed by atoms with Crippen LogP contribution in [-0.2, 0) is 11.8 Å². The maximum Gasteiger partial charge on any atom is 0.307 e. The number of carboxylic acids is 1. The molecule has 17 heavy (non-hydrogen) atoms. The number of aryl methyl sites for hydroxylation is 1. The molecule has 1 heterocycles. The number of nitrogens with zero attached hydrogens (tertiary/aromatic N) is 3. The predicted molar refractivity (Wildman–Crippen MR) is 62.8 cm³/mol. The number of aliphatic carboxylic acids is 1. The van der Waals surface area contributed by atoms with E-state index in [1.165, 1.54) is 0 Å². The molecule has 5 nitrogen and oxygen atoms in total. The average molecular weight is 237 g/mol. The van der Waals surface area contributed by atoms with E-state index in [9.17, 15) is 9.90 Å². The summed E-state index contributed by atoms with van der Waals surface area (Å²) in [7, 11) is 1.85. The van der Waals surface area contributed by atoms with Crippen molar-refractivity contribution < 1.29 is 9.90 Å². The van der Waals surface area contributed by atoms with Crippen molar-refractivity contribution in [3.8, 4) is 0 Å². The minimum Gasteiger partial charge on any atom is -0.481 e. The number of carboxylic acid groups (broad SMARTS) is 1. The van der Waals surface area contributed by atoms with Gasteiger partial charge >= 0.3 is 5.97 Å². The number of aromatic nitrogens is 3. The third kappa shape index (κ3) is 2.18. The molecule has 0 aliphatic heterocycles. The van der Waals surface area contributed by atoms with Crippen LogP contribution in [0.25, 0.3) is 0 Å². The van der Waals surface area contributed by atoms with E-state index in [2.05, 4.69) is 10.1 Å². The molecule has 0 spiro atoms. The Bertz CT molecular complexity index is 425. The summed E-state index contributed by atoms with van der Waals surface area (Å²) < 4.78 is 1.75. The Hall–Kier alpha value is -1.39. The van der Waals surface area contributed by atoms with E-state index in [1.54, 1.807) is 4.68 Å². The molecular weight excluding hydrogens is 218 g/mol. The van der Waals surface area contributed by atoms with Crippen molar-refractivity contribution in [3.05, 3.63) is 11.6 Å². The minimum atomic E-state index is -0.707. The van der Waals surface area contributed by atoms with Gasteiger partial charge in [0.1, 0.15) is 5.82 Å². The maximum absolute atomic E-state index is 11.2. The summed E-state index contributed by atoms with van der Waals surface area (Å²) in [6.07, 6.45) is 2.62. The smallest absolute Gasteiger partial charge is 0.307 e. The van der Waals surface area contributed by atoms with E-state index < -0.39 is 5.97 Å². The molecular formula is C12H19N3O2. The zero-order valence-corrected chi connectivity index (χ0v) is 10.6. The standard InChI is InChI=1S/C12H19N3O2/c1-7(2)10-13-11(15(3)14-10)8-5-4-6-9(8)12(16)17/h7-9H,4-6H2,1-3H3,(H,16,17). The number of hydrogen-bond acceptors (Lipinski definition) is 3. The van der Waals surface area contributed by atoms with Gasteiger partial charge < -0.3 is 5.11 Å². The summed E-state index contributed by atoms with van der Waals surface area (Å²) in [5, 5.41) is 13.6. The quantitative estimate of drug-likeness (QED) is 0.871. The van der Waals surface area contributed by atoms with Crippen molar-refractivity contribution in [2.24, 2.45) is 13.0 Å². The van der Waals surface area contributed by atoms with Crippen LogP contribution < -0.4 is 0 Å². The fourth-order valence-electron chi connectivity index (χ4n) is 2.55. The van der Waals surface area contributed by atoms with Crippen LogP contribution in [0, 0.1) is 5.92 Å². The molecule has 2 rings (SSSR count). The highest BCUT2D eigenvalue weighted by Gasteiger charge is 2.37. The van der Waals surface area contributed by atoms with Crippen LogP contribution in [0.3, 0.4) is 0 Å². The third-order valence-corrected chi connectivity index (χ3v) is 3.49. The lowest BCUT2D eigenvalue weighted by Gasteiger charge is -2.14. The Morgan fingerprint density at radius 2 is 2.18 bits per heavy atom. The summed E-state index contributed by atoms with van der Waals surface area (Å²) in [5.41, 5.74) is 0. The molecule has 1 saturated carbocycles. The minimum absolute atomic E-state index is 0.0255. The number of carbonyl (C=O) groups is 1. The summed E-state index contributed by atoms with van der Waals surface area (Å²) in [6.45, 7) is 4.09. The van der Waals surface area contributed by atoms with Crippen LogP contribution in [0.2, 0.25) is 0 Å². The monoisotopic (exact) mass is 237 g/mol. The lowest BCUT2D eigenvalue weighted by Crippen LogP contribution is -2.19. The molecule has 1 aliphatic carbocycles. The Labute approximate surface area is 101 Å². The highest BCUT2D eigenvalue weighted by molar-refractivity contribution is 5.71. The molecule has 2 unspecified atom stereocenters. The third-order valence-electron chi connectivity index (χ3n) is 3.49. The van der Waals surface area contributed by atoms with Crippen LogP contribution in [0.5, 0.6) is 0 Å². The van der Waals surface area contributed by atoms with Gasteiger partial charge in [0.15, 0.2) is 5.82 Å². The molecule has 0 aromatic carbocycles. The second-order valence-corrected chi connectivity index (χ2v) is 5.09. The number of hydrogen-bond donors (Lipinski definition) is 1. The molecule has 1 aliphatic rings. The van der Waals surface area contributed by atoms with Gasteiger partial charge in [-0.15, -0.1) is 0 Å². The van der Waals surface area contributed by atoms with E-state index in [1.807, 2.05) is 20.9 Å². The maximum atomic E-state index is 11.2. The second-order valence-electron chi connectivity index (χ2n) is 5.09. The Balaban J connectivity index is 2.30. The molecule has 1 aromatic rings. The van der Waals surface area contributed by atoms with Gasteiger partial charge in [0, 0.05) is 18.9 Å². The largest absolute Gasteiger partial charge is 0.481 e. The molecule has 5 heteroatoms. The fraction of sp³-hybridized carbons (Fsp3) is 0.750. The first kappa shape index (κ1) is 12.1. The average Bonchev–Trinajstić information content (AvgIpc) is 2.82. The summed E-state index contributed by atoms with van der Waals surface area (Å²) in [6, 6.07) is 0. The molecule has 2 atom stereocenters. The van der Waals surface area contributed by atoms with Gasteiger partial charge in [-0.25, -0.2) is 4.98 Å². The summed E-state index contributed by atoms with van der Waals surface area (Å²) >= 11 is 0. The lowest BCUT2D eigenvalue weighted by molar-refractivity contribution is -0.142. The van der Waals surface area contributed by atoms with E-state index in [4.69, 9.17) is 0 Å². The van der Waals surface area contributed by atoms with Crippen LogP contribution in [0.15, 0.2) is 0 Å². The first-order chi connectivity index (χ1) is 8.00. The summed E-state index contributed by atoms with van der Waals surface area (Å²) in [4.78, 5) is 15.7. The molecule has 1 aromatic heterocycles. The normalized spacial score (nSPS) is 24.5. The van der Waals surface area contributed by atoms with E-state index in [0.717, 1.165) is 30.9 Å². The van der Waals surface area contributed by atoms with Gasteiger partial charge in [0.05, 0.1) is 5.92 Å². The van der Waals surface area contributed by atoms with Crippen molar-refractivity contribution in [1.29, 1.82) is 0 Å². The second kappa shape index (κ2) is 4.47. The zero-order chi connectivity index (χ0) is 12.6. The van der Waals surface area contributed by atoms with Gasteiger partial charge in [0.2, 0.25) is 0 Å². The number of rotatable bonds is 3. The highest BCUT2D eigenvalue weighted by Crippen LogP contribution is 2.39. The van der Waals surface area contributed by atoms with Gasteiger partial charge in [-0.3, -0.25) is 9.48 Å². The van der Waals surface area contributed by atoms with Gasteiger partial charge in [0.25, 0.3) is 0 Å². The van der Waals surface area contributed by atoms with Crippen molar-refractivity contribution >= 4 is 5.97 Å². The van der Waals surface area contributed by atoms with E-state index >= 15 is 0 Å². The Morgan fingerprint density at radius 1 is 1.47 bits per heavy atom. The van der Waals surface area contributed by atoms with Crippen molar-refractivity contribution in [2.75, 3.05) is 0 Å². The van der Waals surface area contributed by atoms with Crippen LogP contribution in [0.1, 0.15) is 56.6 Å². The molecule has 0 radical (unpaired) electrons. The first-order valence-electron chi connectivity index (χ1n) is 6.14. The Morgan fingerprint density at radius 3 is 2.71 bits per heavy atom. The molecule has 1 fully saturated rings. The fourth-order valence-corrected chi connectivity index (χ4v) is 2.55. The molecule has 0 amide bonds. The van der Waals surface area contributed by atoms with Gasteiger partial charge in [-0.2, -0.15) is 5.10 Å². The molecule has 0 bridgehead atoms. The van der Waals surface area contributed by atoms with Crippen molar-refractivity contribution in [2.45, 2.75) is 44.9 Å². The molecule has 0 saturated heterocycles. The SMILES string of the molecule is CC(C)c1nc(C2CCCC2C(=O)O)n(C)n1. The van der Waals surface area contributed by atoms with E-state index in [-0.39, 0.29) is 17.8 Å². The lowest BCUT2D eigenvalue weighted by atomic mass is 9.95.